The van der Waals surface area contributed by atoms with Crippen molar-refractivity contribution in [3.63, 3.8) is 0 Å². The Morgan fingerprint density at radius 2 is 1.96 bits per heavy atom. The summed E-state index contributed by atoms with van der Waals surface area (Å²) in [6.07, 6.45) is 6.74. The number of nitrogens with one attached hydrogen (secondary N) is 2. The lowest BCUT2D eigenvalue weighted by molar-refractivity contribution is 0.158. The third-order valence-corrected chi connectivity index (χ3v) is 4.55. The molecule has 0 aromatic carbocycles. The molecule has 2 N–H and O–H groups in total. The quantitative estimate of drug-likeness (QED) is 0.839. The van der Waals surface area contributed by atoms with Gasteiger partial charge in [0.15, 0.2) is 0 Å². The molecule has 1 aromatic heterocycles. The summed E-state index contributed by atoms with van der Waals surface area (Å²) in [6, 6.07) is 3.69. The number of aromatic nitrogens is 1. The zero-order valence-corrected chi connectivity index (χ0v) is 15.0. The normalized spacial score (nSPS) is 17.2. The van der Waals surface area contributed by atoms with E-state index in [2.05, 4.69) is 34.4 Å². The third-order valence-electron chi connectivity index (χ3n) is 4.55. The molecule has 2 amide bonds. The Balaban J connectivity index is 1.84. The van der Waals surface area contributed by atoms with E-state index in [0.29, 0.717) is 30.1 Å². The van der Waals surface area contributed by atoms with Crippen LogP contribution in [0, 0.1) is 5.92 Å². The SMILES string of the molecule is COc1ccc(NC(=O)NCC(C(C)C)N2CCCCCC2)cn1. The van der Waals surface area contributed by atoms with Crippen LogP contribution in [0.1, 0.15) is 39.5 Å². The highest BCUT2D eigenvalue weighted by atomic mass is 16.5. The first-order valence-corrected chi connectivity index (χ1v) is 8.89. The average molecular weight is 334 g/mol. The molecule has 1 saturated heterocycles. The molecule has 0 aliphatic carbocycles. The van der Waals surface area contributed by atoms with Crippen LogP contribution in [-0.2, 0) is 0 Å². The van der Waals surface area contributed by atoms with E-state index in [4.69, 9.17) is 4.74 Å². The second-order valence-corrected chi connectivity index (χ2v) is 6.69. The summed E-state index contributed by atoms with van der Waals surface area (Å²) in [4.78, 5) is 18.8. The van der Waals surface area contributed by atoms with Gasteiger partial charge in [-0.2, -0.15) is 0 Å². The molecular weight excluding hydrogens is 304 g/mol. The van der Waals surface area contributed by atoms with Gasteiger partial charge in [0.2, 0.25) is 5.88 Å². The minimum atomic E-state index is -0.192. The maximum absolute atomic E-state index is 12.1. The zero-order chi connectivity index (χ0) is 17.4. The van der Waals surface area contributed by atoms with Crippen molar-refractivity contribution < 1.29 is 9.53 Å². The number of hydrogen-bond donors (Lipinski definition) is 2. The Labute approximate surface area is 145 Å². The van der Waals surface area contributed by atoms with Crippen LogP contribution in [0.25, 0.3) is 0 Å². The number of anilines is 1. The van der Waals surface area contributed by atoms with Crippen molar-refractivity contribution in [2.75, 3.05) is 32.1 Å². The predicted octanol–water partition coefficient (Wildman–Crippen LogP) is 3.11. The molecule has 2 rings (SSSR count). The maximum Gasteiger partial charge on any atom is 0.319 e. The molecule has 1 aliphatic rings. The fourth-order valence-electron chi connectivity index (χ4n) is 3.16. The molecule has 1 aliphatic heterocycles. The number of pyridine rings is 1. The standard InChI is InChI=1S/C18H30N4O2/c1-14(2)16(22-10-6-4-5-7-11-22)13-20-18(23)21-15-8-9-17(24-3)19-12-15/h8-9,12,14,16H,4-7,10-11,13H2,1-3H3,(H2,20,21,23). The van der Waals surface area contributed by atoms with Crippen molar-refractivity contribution in [3.8, 4) is 5.88 Å². The first kappa shape index (κ1) is 18.5. The van der Waals surface area contributed by atoms with Gasteiger partial charge in [0.25, 0.3) is 0 Å². The molecule has 1 aromatic rings. The van der Waals surface area contributed by atoms with E-state index < -0.39 is 0 Å². The molecule has 2 heterocycles. The van der Waals surface area contributed by atoms with Crippen LogP contribution in [0.2, 0.25) is 0 Å². The van der Waals surface area contributed by atoms with E-state index in [-0.39, 0.29) is 6.03 Å². The summed E-state index contributed by atoms with van der Waals surface area (Å²) in [5.74, 6) is 1.04. The summed E-state index contributed by atoms with van der Waals surface area (Å²) >= 11 is 0. The van der Waals surface area contributed by atoms with E-state index in [1.165, 1.54) is 25.7 Å². The van der Waals surface area contributed by atoms with Crippen LogP contribution in [0.5, 0.6) is 5.88 Å². The number of likely N-dealkylation sites (tertiary alicyclic amines) is 1. The molecule has 134 valence electrons. The largest absolute Gasteiger partial charge is 0.481 e. The van der Waals surface area contributed by atoms with E-state index in [0.717, 1.165) is 13.1 Å². The van der Waals surface area contributed by atoms with E-state index >= 15 is 0 Å². The summed E-state index contributed by atoms with van der Waals surface area (Å²) in [5, 5.41) is 5.82. The fraction of sp³-hybridized carbons (Fsp3) is 0.667. The lowest BCUT2D eigenvalue weighted by Crippen LogP contribution is -2.48. The van der Waals surface area contributed by atoms with Gasteiger partial charge in [-0.3, -0.25) is 4.90 Å². The van der Waals surface area contributed by atoms with Gasteiger partial charge in [-0.25, -0.2) is 9.78 Å². The Morgan fingerprint density at radius 1 is 1.25 bits per heavy atom. The molecule has 1 unspecified atom stereocenters. The number of rotatable bonds is 6. The van der Waals surface area contributed by atoms with Crippen LogP contribution < -0.4 is 15.4 Å². The third kappa shape index (κ3) is 5.67. The number of amides is 2. The zero-order valence-electron chi connectivity index (χ0n) is 15.0. The van der Waals surface area contributed by atoms with E-state index in [9.17, 15) is 4.79 Å². The number of urea groups is 1. The Bertz CT molecular complexity index is 496. The van der Waals surface area contributed by atoms with Crippen molar-refractivity contribution in [1.29, 1.82) is 0 Å². The molecule has 1 atom stereocenters. The second-order valence-electron chi connectivity index (χ2n) is 6.69. The molecule has 0 bridgehead atoms. The molecule has 0 spiro atoms. The molecular formula is C18H30N4O2. The van der Waals surface area contributed by atoms with E-state index in [1.54, 1.807) is 25.4 Å². The maximum atomic E-state index is 12.1. The minimum Gasteiger partial charge on any atom is -0.481 e. The van der Waals surface area contributed by atoms with Crippen molar-refractivity contribution in [3.05, 3.63) is 18.3 Å². The monoisotopic (exact) mass is 334 g/mol. The van der Waals surface area contributed by atoms with Gasteiger partial charge in [0, 0.05) is 18.7 Å². The first-order chi connectivity index (χ1) is 11.6. The van der Waals surface area contributed by atoms with Gasteiger partial charge >= 0.3 is 6.03 Å². The summed E-state index contributed by atoms with van der Waals surface area (Å²) < 4.78 is 5.01. The Kier molecular flexibility index (Phi) is 7.31. The first-order valence-electron chi connectivity index (χ1n) is 8.89. The van der Waals surface area contributed by atoms with Gasteiger partial charge in [0.1, 0.15) is 0 Å². The molecule has 1 fully saturated rings. The number of hydrogen-bond acceptors (Lipinski definition) is 4. The van der Waals surface area contributed by atoms with Crippen LogP contribution >= 0.6 is 0 Å². The predicted molar refractivity (Wildman–Crippen MR) is 96.5 cm³/mol. The van der Waals surface area contributed by atoms with Crippen molar-refractivity contribution in [2.24, 2.45) is 5.92 Å². The Morgan fingerprint density at radius 3 is 2.50 bits per heavy atom. The molecule has 6 heteroatoms. The van der Waals surface area contributed by atoms with Crippen molar-refractivity contribution >= 4 is 11.7 Å². The second kappa shape index (κ2) is 9.47. The highest BCUT2D eigenvalue weighted by molar-refractivity contribution is 5.89. The number of methoxy groups -OCH3 is 1. The smallest absolute Gasteiger partial charge is 0.319 e. The van der Waals surface area contributed by atoms with Gasteiger partial charge in [-0.05, 0) is 37.9 Å². The van der Waals surface area contributed by atoms with E-state index in [1.807, 2.05) is 0 Å². The van der Waals surface area contributed by atoms with Crippen LogP contribution in [0.15, 0.2) is 18.3 Å². The van der Waals surface area contributed by atoms with Crippen molar-refractivity contribution in [2.45, 2.75) is 45.6 Å². The summed E-state index contributed by atoms with van der Waals surface area (Å²) in [5.41, 5.74) is 0.657. The molecule has 6 nitrogen and oxygen atoms in total. The number of nitrogens with zero attached hydrogens (tertiary/aromatic N) is 2. The van der Waals surface area contributed by atoms with Crippen LogP contribution in [-0.4, -0.2) is 48.7 Å². The van der Waals surface area contributed by atoms with Gasteiger partial charge in [0.05, 0.1) is 19.0 Å². The Hall–Kier alpha value is -1.82. The molecule has 0 saturated carbocycles. The van der Waals surface area contributed by atoms with Crippen LogP contribution in [0.4, 0.5) is 10.5 Å². The number of ether oxygens (including phenoxy) is 1. The topological polar surface area (TPSA) is 66.5 Å². The van der Waals surface area contributed by atoms with Crippen molar-refractivity contribution in [1.82, 2.24) is 15.2 Å². The number of carbonyl (C=O) groups excluding carboxylic acids is 1. The van der Waals surface area contributed by atoms with Gasteiger partial charge in [-0.1, -0.05) is 26.7 Å². The lowest BCUT2D eigenvalue weighted by Gasteiger charge is -2.33. The molecule has 24 heavy (non-hydrogen) atoms. The highest BCUT2D eigenvalue weighted by Crippen LogP contribution is 2.17. The van der Waals surface area contributed by atoms with Crippen LogP contribution in [0.3, 0.4) is 0 Å². The molecule has 0 radical (unpaired) electrons. The summed E-state index contributed by atoms with van der Waals surface area (Å²) in [7, 11) is 1.57. The highest BCUT2D eigenvalue weighted by Gasteiger charge is 2.23. The lowest BCUT2D eigenvalue weighted by atomic mass is 10.0. The fourth-order valence-corrected chi connectivity index (χ4v) is 3.16. The van der Waals surface area contributed by atoms with Gasteiger partial charge < -0.3 is 15.4 Å². The average Bonchev–Trinajstić information content (AvgIpc) is 2.85. The summed E-state index contributed by atoms with van der Waals surface area (Å²) in [6.45, 7) is 7.38. The minimum absolute atomic E-state index is 0.192. The number of carbonyl (C=O) groups is 1. The van der Waals surface area contributed by atoms with Gasteiger partial charge in [-0.15, -0.1) is 0 Å².